The third-order valence-corrected chi connectivity index (χ3v) is 5.00. The van der Waals surface area contributed by atoms with E-state index in [2.05, 4.69) is 0 Å². The van der Waals surface area contributed by atoms with Crippen molar-refractivity contribution in [2.24, 2.45) is 0 Å². The van der Waals surface area contributed by atoms with Gasteiger partial charge >= 0.3 is 0 Å². The Hall–Kier alpha value is -3.47. The Bertz CT molecular complexity index is 1280. The van der Waals surface area contributed by atoms with Crippen LogP contribution in [0.2, 0.25) is 0 Å². The summed E-state index contributed by atoms with van der Waals surface area (Å²) in [7, 11) is 0. The van der Waals surface area contributed by atoms with E-state index in [0.717, 1.165) is 17.2 Å². The average Bonchev–Trinajstić information content (AvgIpc) is 2.66. The molecule has 0 radical (unpaired) electrons. The van der Waals surface area contributed by atoms with Crippen molar-refractivity contribution in [2.45, 2.75) is 26.7 Å². The first-order valence-corrected chi connectivity index (χ1v) is 9.15. The summed E-state index contributed by atoms with van der Waals surface area (Å²) in [5, 5.41) is 31.8. The van der Waals surface area contributed by atoms with Gasteiger partial charge in [-0.15, -0.1) is 0 Å². The fourth-order valence-corrected chi connectivity index (χ4v) is 3.69. The van der Waals surface area contributed by atoms with Crippen molar-refractivity contribution in [1.29, 1.82) is 0 Å². The molecule has 0 aliphatic carbocycles. The molecule has 0 spiro atoms. The Morgan fingerprint density at radius 1 is 0.964 bits per heavy atom. The summed E-state index contributed by atoms with van der Waals surface area (Å²) in [6.45, 7) is 3.71. The SMILES string of the molecule is CCCc1cc(O)c(O)c2c(=O)c(-c3ccc4cc(O)ccc4c3)c(C)oc12. The van der Waals surface area contributed by atoms with Crippen LogP contribution in [0.15, 0.2) is 51.7 Å². The molecule has 0 amide bonds. The van der Waals surface area contributed by atoms with E-state index in [0.29, 0.717) is 34.5 Å². The van der Waals surface area contributed by atoms with Crippen molar-refractivity contribution in [2.75, 3.05) is 0 Å². The maximum atomic E-state index is 13.3. The van der Waals surface area contributed by atoms with Crippen LogP contribution in [0.25, 0.3) is 32.9 Å². The predicted molar refractivity (Wildman–Crippen MR) is 109 cm³/mol. The molecule has 5 nitrogen and oxygen atoms in total. The molecule has 3 aromatic carbocycles. The highest BCUT2D eigenvalue weighted by atomic mass is 16.3. The van der Waals surface area contributed by atoms with Crippen LogP contribution < -0.4 is 5.43 Å². The topological polar surface area (TPSA) is 90.9 Å². The van der Waals surface area contributed by atoms with Gasteiger partial charge in [0.2, 0.25) is 5.43 Å². The number of hydrogen-bond donors (Lipinski definition) is 3. The van der Waals surface area contributed by atoms with Gasteiger partial charge in [0.25, 0.3) is 0 Å². The number of phenolic OH excluding ortho intramolecular Hbond substituents is 3. The van der Waals surface area contributed by atoms with E-state index in [9.17, 15) is 20.1 Å². The monoisotopic (exact) mass is 376 g/mol. The predicted octanol–water partition coefficient (Wildman–Crippen LogP) is 4.99. The number of phenols is 3. The largest absolute Gasteiger partial charge is 0.508 e. The van der Waals surface area contributed by atoms with Gasteiger partial charge in [-0.05, 0) is 59.5 Å². The number of benzene rings is 3. The molecule has 4 aromatic rings. The van der Waals surface area contributed by atoms with Crippen LogP contribution >= 0.6 is 0 Å². The molecule has 5 heteroatoms. The molecular formula is C23H20O5. The van der Waals surface area contributed by atoms with Gasteiger partial charge in [0, 0.05) is 0 Å². The second-order valence-corrected chi connectivity index (χ2v) is 6.97. The number of hydrogen-bond acceptors (Lipinski definition) is 5. The van der Waals surface area contributed by atoms with Gasteiger partial charge < -0.3 is 19.7 Å². The smallest absolute Gasteiger partial charge is 0.204 e. The number of fused-ring (bicyclic) bond motifs is 2. The Kier molecular flexibility index (Phi) is 4.23. The van der Waals surface area contributed by atoms with Crippen molar-refractivity contribution < 1.29 is 19.7 Å². The summed E-state index contributed by atoms with van der Waals surface area (Å²) in [6.07, 6.45) is 1.42. The fraction of sp³-hybridized carbons (Fsp3) is 0.174. The van der Waals surface area contributed by atoms with Gasteiger partial charge in [-0.2, -0.15) is 0 Å². The van der Waals surface area contributed by atoms with Gasteiger partial charge in [-0.25, -0.2) is 0 Å². The standard InChI is InChI=1S/C23H20O5/c1-3-4-16-11-18(25)21(26)20-22(27)19(12(2)28-23(16)20)15-6-5-14-10-17(24)8-7-13(14)9-15/h5-11,24-26H,3-4H2,1-2H3. The van der Waals surface area contributed by atoms with E-state index in [1.165, 1.54) is 6.07 Å². The molecule has 142 valence electrons. The molecule has 1 heterocycles. The van der Waals surface area contributed by atoms with E-state index in [1.807, 2.05) is 19.1 Å². The number of aryl methyl sites for hydroxylation is 2. The summed E-state index contributed by atoms with van der Waals surface area (Å²) >= 11 is 0. The zero-order valence-electron chi connectivity index (χ0n) is 15.6. The Morgan fingerprint density at radius 2 is 1.68 bits per heavy atom. The molecule has 0 atom stereocenters. The van der Waals surface area contributed by atoms with Gasteiger partial charge in [0.15, 0.2) is 11.5 Å². The summed E-state index contributed by atoms with van der Waals surface area (Å²) in [5.74, 6) is -0.175. The highest BCUT2D eigenvalue weighted by molar-refractivity contribution is 5.94. The zero-order chi connectivity index (χ0) is 20.0. The first kappa shape index (κ1) is 17.9. The molecule has 0 saturated heterocycles. The van der Waals surface area contributed by atoms with Crippen LogP contribution in [0.5, 0.6) is 17.2 Å². The minimum absolute atomic E-state index is 0.00477. The Morgan fingerprint density at radius 3 is 2.43 bits per heavy atom. The molecule has 3 N–H and O–H groups in total. The van der Waals surface area contributed by atoms with Crippen molar-refractivity contribution >= 4 is 21.7 Å². The number of aromatic hydroxyl groups is 3. The summed E-state index contributed by atoms with van der Waals surface area (Å²) in [5.41, 5.74) is 1.60. The zero-order valence-corrected chi connectivity index (χ0v) is 15.6. The first-order chi connectivity index (χ1) is 13.4. The molecule has 0 bridgehead atoms. The normalized spacial score (nSPS) is 11.4. The number of rotatable bonds is 3. The average molecular weight is 376 g/mol. The molecule has 0 fully saturated rings. The van der Waals surface area contributed by atoms with Crippen LogP contribution in [-0.2, 0) is 6.42 Å². The molecule has 4 rings (SSSR count). The molecule has 0 saturated carbocycles. The summed E-state index contributed by atoms with van der Waals surface area (Å²) in [4.78, 5) is 13.3. The lowest BCUT2D eigenvalue weighted by molar-refractivity contribution is 0.406. The molecule has 0 unspecified atom stereocenters. The lowest BCUT2D eigenvalue weighted by Crippen LogP contribution is -2.09. The molecule has 28 heavy (non-hydrogen) atoms. The lowest BCUT2D eigenvalue weighted by atomic mass is 9.97. The van der Waals surface area contributed by atoms with Crippen molar-refractivity contribution in [3.8, 4) is 28.4 Å². The highest BCUT2D eigenvalue weighted by Gasteiger charge is 2.21. The first-order valence-electron chi connectivity index (χ1n) is 9.15. The molecule has 0 aliphatic rings. The Balaban J connectivity index is 2.04. The van der Waals surface area contributed by atoms with Crippen molar-refractivity contribution in [3.63, 3.8) is 0 Å². The summed E-state index contributed by atoms with van der Waals surface area (Å²) in [6, 6.07) is 11.9. The minimum Gasteiger partial charge on any atom is -0.508 e. The highest BCUT2D eigenvalue weighted by Crippen LogP contribution is 2.37. The van der Waals surface area contributed by atoms with Gasteiger partial charge in [0.1, 0.15) is 22.5 Å². The summed E-state index contributed by atoms with van der Waals surface area (Å²) < 4.78 is 5.97. The maximum Gasteiger partial charge on any atom is 0.204 e. The fourth-order valence-electron chi connectivity index (χ4n) is 3.69. The van der Waals surface area contributed by atoms with Crippen molar-refractivity contribution in [3.05, 3.63) is 64.0 Å². The second-order valence-electron chi connectivity index (χ2n) is 6.97. The van der Waals surface area contributed by atoms with E-state index >= 15 is 0 Å². The lowest BCUT2D eigenvalue weighted by Gasteiger charge is -2.12. The second kappa shape index (κ2) is 6.60. The third-order valence-electron chi connectivity index (χ3n) is 5.00. The van der Waals surface area contributed by atoms with Crippen molar-refractivity contribution in [1.82, 2.24) is 0 Å². The molecular weight excluding hydrogens is 356 g/mol. The molecule has 0 aliphatic heterocycles. The minimum atomic E-state index is -0.462. The van der Waals surface area contributed by atoms with E-state index in [4.69, 9.17) is 4.42 Å². The van der Waals surface area contributed by atoms with Gasteiger partial charge in [-0.1, -0.05) is 31.5 Å². The van der Waals surface area contributed by atoms with E-state index in [-0.39, 0.29) is 22.3 Å². The van der Waals surface area contributed by atoms with Crippen LogP contribution in [0, 0.1) is 6.92 Å². The van der Waals surface area contributed by atoms with Crippen LogP contribution in [0.3, 0.4) is 0 Å². The Labute approximate surface area is 161 Å². The quantitative estimate of drug-likeness (QED) is 0.438. The van der Waals surface area contributed by atoms with Crippen LogP contribution in [0.1, 0.15) is 24.7 Å². The van der Waals surface area contributed by atoms with Crippen LogP contribution in [-0.4, -0.2) is 15.3 Å². The van der Waals surface area contributed by atoms with Crippen LogP contribution in [0.4, 0.5) is 0 Å². The molecule has 1 aromatic heterocycles. The van der Waals surface area contributed by atoms with Gasteiger partial charge in [-0.3, -0.25) is 4.79 Å². The maximum absolute atomic E-state index is 13.3. The van der Waals surface area contributed by atoms with E-state index in [1.54, 1.807) is 31.2 Å². The van der Waals surface area contributed by atoms with E-state index < -0.39 is 5.75 Å². The van der Waals surface area contributed by atoms with Gasteiger partial charge in [0.05, 0.1) is 5.56 Å². The third kappa shape index (κ3) is 2.76.